The van der Waals surface area contributed by atoms with Gasteiger partial charge in [-0.15, -0.1) is 0 Å². The van der Waals surface area contributed by atoms with Gasteiger partial charge in [0.1, 0.15) is 0 Å². The van der Waals surface area contributed by atoms with Crippen LogP contribution >= 0.6 is 0 Å². The maximum Gasteiger partial charge on any atom is 0.212 e. The van der Waals surface area contributed by atoms with Crippen LogP contribution in [0.5, 0.6) is 0 Å². The lowest BCUT2D eigenvalue weighted by atomic mass is 10.1. The van der Waals surface area contributed by atoms with Gasteiger partial charge in [-0.1, -0.05) is 0 Å². The van der Waals surface area contributed by atoms with Crippen LogP contribution in [0, 0.1) is 5.95 Å². The second-order valence-electron chi connectivity index (χ2n) is 3.77. The maximum absolute atomic E-state index is 12.7. The molecule has 2 aromatic heterocycles. The fraction of sp³-hybridized carbons (Fsp3) is 0.273. The minimum Gasteiger partial charge on any atom is -0.309 e. The number of nitrogens with zero attached hydrogens (tertiary/aromatic N) is 3. The third kappa shape index (κ3) is 1.49. The Morgan fingerprint density at radius 1 is 1.31 bits per heavy atom. The smallest absolute Gasteiger partial charge is 0.212 e. The first-order valence-electron chi connectivity index (χ1n) is 5.22. The third-order valence-electron chi connectivity index (χ3n) is 2.78. The Morgan fingerprint density at radius 3 is 3.06 bits per heavy atom. The Hall–Kier alpha value is -1.75. The van der Waals surface area contributed by atoms with Crippen LogP contribution in [0.2, 0.25) is 0 Å². The zero-order valence-corrected chi connectivity index (χ0v) is 8.65. The largest absolute Gasteiger partial charge is 0.309 e. The molecule has 0 amide bonds. The zero-order chi connectivity index (χ0) is 11.0. The van der Waals surface area contributed by atoms with Gasteiger partial charge in [0.15, 0.2) is 0 Å². The Balaban J connectivity index is 2.06. The first-order valence-corrected chi connectivity index (χ1v) is 5.22. The molecule has 0 aliphatic carbocycles. The topological polar surface area (TPSA) is 42.7 Å². The standard InChI is InChI=1S/C11H11FN4/c12-11-2-1-8(5-14-11)9-6-15-16-4-3-13-7-10(9)16/h1-2,5-6,13H,3-4,7H2. The third-order valence-corrected chi connectivity index (χ3v) is 2.78. The predicted octanol–water partition coefficient (Wildman–Crippen LogP) is 1.19. The van der Waals surface area contributed by atoms with Crippen LogP contribution in [0.25, 0.3) is 11.1 Å². The molecule has 1 N–H and O–H groups in total. The molecule has 1 aliphatic heterocycles. The molecule has 82 valence electrons. The van der Waals surface area contributed by atoms with Crippen molar-refractivity contribution < 1.29 is 4.39 Å². The number of hydrogen-bond acceptors (Lipinski definition) is 3. The van der Waals surface area contributed by atoms with Gasteiger partial charge in [0.2, 0.25) is 5.95 Å². The molecule has 0 atom stereocenters. The molecular weight excluding hydrogens is 207 g/mol. The van der Waals surface area contributed by atoms with Gasteiger partial charge in [-0.05, 0) is 12.1 Å². The van der Waals surface area contributed by atoms with Crippen molar-refractivity contribution in [2.24, 2.45) is 0 Å². The molecule has 0 saturated carbocycles. The average molecular weight is 218 g/mol. The van der Waals surface area contributed by atoms with Crippen molar-refractivity contribution in [2.75, 3.05) is 6.54 Å². The van der Waals surface area contributed by atoms with E-state index in [1.54, 1.807) is 12.3 Å². The molecule has 0 fully saturated rings. The predicted molar refractivity (Wildman–Crippen MR) is 57.1 cm³/mol. The summed E-state index contributed by atoms with van der Waals surface area (Å²) in [4.78, 5) is 3.66. The lowest BCUT2D eigenvalue weighted by Gasteiger charge is -2.16. The lowest BCUT2D eigenvalue weighted by Crippen LogP contribution is -2.28. The van der Waals surface area contributed by atoms with Gasteiger partial charge in [0.05, 0.1) is 18.4 Å². The van der Waals surface area contributed by atoms with Crippen LogP contribution < -0.4 is 5.32 Å². The van der Waals surface area contributed by atoms with Crippen LogP contribution in [0.4, 0.5) is 4.39 Å². The summed E-state index contributed by atoms with van der Waals surface area (Å²) in [6.45, 7) is 2.62. The molecule has 0 radical (unpaired) electrons. The van der Waals surface area contributed by atoms with Gasteiger partial charge >= 0.3 is 0 Å². The van der Waals surface area contributed by atoms with Gasteiger partial charge in [0, 0.05) is 30.4 Å². The lowest BCUT2D eigenvalue weighted by molar-refractivity contribution is 0.476. The minimum absolute atomic E-state index is 0.456. The first-order chi connectivity index (χ1) is 7.84. The highest BCUT2D eigenvalue weighted by Crippen LogP contribution is 2.23. The number of fused-ring (bicyclic) bond motifs is 1. The molecule has 1 aliphatic rings. The van der Waals surface area contributed by atoms with Gasteiger partial charge in [-0.3, -0.25) is 4.68 Å². The molecule has 3 heterocycles. The second-order valence-corrected chi connectivity index (χ2v) is 3.77. The second kappa shape index (κ2) is 3.68. The average Bonchev–Trinajstić information content (AvgIpc) is 2.74. The molecule has 0 aromatic carbocycles. The quantitative estimate of drug-likeness (QED) is 0.731. The van der Waals surface area contributed by atoms with Crippen LogP contribution in [0.1, 0.15) is 5.69 Å². The number of nitrogens with one attached hydrogen (secondary N) is 1. The van der Waals surface area contributed by atoms with E-state index in [2.05, 4.69) is 15.4 Å². The summed E-state index contributed by atoms with van der Waals surface area (Å²) in [6.07, 6.45) is 3.36. The number of aromatic nitrogens is 3. The molecule has 2 aromatic rings. The number of pyridine rings is 1. The monoisotopic (exact) mass is 218 g/mol. The highest BCUT2D eigenvalue weighted by molar-refractivity contribution is 5.64. The number of rotatable bonds is 1. The number of halogens is 1. The summed E-state index contributed by atoms with van der Waals surface area (Å²) in [5, 5.41) is 7.60. The van der Waals surface area contributed by atoms with Gasteiger partial charge < -0.3 is 5.32 Å². The van der Waals surface area contributed by atoms with E-state index in [0.717, 1.165) is 36.5 Å². The number of hydrogen-bond donors (Lipinski definition) is 1. The van der Waals surface area contributed by atoms with Crippen molar-refractivity contribution in [3.63, 3.8) is 0 Å². The molecule has 4 nitrogen and oxygen atoms in total. The summed E-state index contributed by atoms with van der Waals surface area (Å²) in [6, 6.07) is 3.10. The van der Waals surface area contributed by atoms with Crippen molar-refractivity contribution in [3.8, 4) is 11.1 Å². The summed E-state index contributed by atoms with van der Waals surface area (Å²) in [5.41, 5.74) is 3.07. The molecule has 16 heavy (non-hydrogen) atoms. The highest BCUT2D eigenvalue weighted by atomic mass is 19.1. The molecule has 0 bridgehead atoms. The van der Waals surface area contributed by atoms with Crippen LogP contribution in [-0.4, -0.2) is 21.3 Å². The van der Waals surface area contributed by atoms with E-state index in [0.29, 0.717) is 0 Å². The molecule has 5 heteroatoms. The molecule has 0 unspecified atom stereocenters. The van der Waals surface area contributed by atoms with Gasteiger partial charge in [-0.2, -0.15) is 9.49 Å². The highest BCUT2D eigenvalue weighted by Gasteiger charge is 2.15. The summed E-state index contributed by atoms with van der Waals surface area (Å²) in [7, 11) is 0. The van der Waals surface area contributed by atoms with E-state index in [1.165, 1.54) is 6.07 Å². The molecular formula is C11H11FN4. The van der Waals surface area contributed by atoms with E-state index in [-0.39, 0.29) is 0 Å². The Morgan fingerprint density at radius 2 is 2.25 bits per heavy atom. The zero-order valence-electron chi connectivity index (χ0n) is 8.65. The van der Waals surface area contributed by atoms with Crippen molar-refractivity contribution in [1.82, 2.24) is 20.1 Å². The van der Waals surface area contributed by atoms with E-state index in [4.69, 9.17) is 0 Å². The Bertz CT molecular complexity index is 503. The van der Waals surface area contributed by atoms with E-state index >= 15 is 0 Å². The van der Waals surface area contributed by atoms with Crippen molar-refractivity contribution in [2.45, 2.75) is 13.1 Å². The van der Waals surface area contributed by atoms with Crippen LogP contribution in [-0.2, 0) is 13.1 Å². The molecule has 0 saturated heterocycles. The van der Waals surface area contributed by atoms with Gasteiger partial charge in [0.25, 0.3) is 0 Å². The van der Waals surface area contributed by atoms with Gasteiger partial charge in [-0.25, -0.2) is 4.98 Å². The Kier molecular flexibility index (Phi) is 2.18. The van der Waals surface area contributed by atoms with E-state index in [9.17, 15) is 4.39 Å². The molecule has 3 rings (SSSR count). The summed E-state index contributed by atoms with van der Waals surface area (Å²) in [5.74, 6) is -0.456. The van der Waals surface area contributed by atoms with E-state index < -0.39 is 5.95 Å². The Labute approximate surface area is 92.1 Å². The maximum atomic E-state index is 12.7. The van der Waals surface area contributed by atoms with E-state index in [1.807, 2.05) is 10.9 Å². The summed E-state index contributed by atoms with van der Waals surface area (Å²) >= 11 is 0. The molecule has 0 spiro atoms. The fourth-order valence-corrected chi connectivity index (χ4v) is 1.96. The van der Waals surface area contributed by atoms with Crippen molar-refractivity contribution in [1.29, 1.82) is 0 Å². The summed E-state index contributed by atoms with van der Waals surface area (Å²) < 4.78 is 14.7. The van der Waals surface area contributed by atoms with Crippen molar-refractivity contribution in [3.05, 3.63) is 36.2 Å². The minimum atomic E-state index is -0.456. The SMILES string of the molecule is Fc1ccc(-c2cnn3c2CNCC3)cn1. The first kappa shape index (κ1) is 9.47. The van der Waals surface area contributed by atoms with Crippen LogP contribution in [0.3, 0.4) is 0 Å². The normalized spacial score (nSPS) is 14.8. The van der Waals surface area contributed by atoms with Crippen LogP contribution in [0.15, 0.2) is 24.5 Å². The fourth-order valence-electron chi connectivity index (χ4n) is 1.96. The van der Waals surface area contributed by atoms with Crippen molar-refractivity contribution >= 4 is 0 Å².